The highest BCUT2D eigenvalue weighted by atomic mass is 16.6. The molecule has 0 radical (unpaired) electrons. The Morgan fingerprint density at radius 3 is 2.76 bits per heavy atom. The topological polar surface area (TPSA) is 81.0 Å². The Balaban J connectivity index is 2.97. The Morgan fingerprint density at radius 2 is 2.24 bits per heavy atom. The monoisotopic (exact) mass is 238 g/mol. The van der Waals surface area contributed by atoms with Crippen LogP contribution in [0.2, 0.25) is 0 Å². The third kappa shape index (κ3) is 3.97. The van der Waals surface area contributed by atoms with Crippen LogP contribution in [0.3, 0.4) is 0 Å². The zero-order chi connectivity index (χ0) is 12.8. The van der Waals surface area contributed by atoms with Gasteiger partial charge in [-0.3, -0.25) is 10.1 Å². The van der Waals surface area contributed by atoms with Crippen molar-refractivity contribution in [3.05, 3.63) is 22.0 Å². The van der Waals surface area contributed by atoms with Crippen LogP contribution < -0.4 is 5.32 Å². The molecule has 94 valence electrons. The van der Waals surface area contributed by atoms with Crippen molar-refractivity contribution in [1.82, 2.24) is 9.97 Å². The highest BCUT2D eigenvalue weighted by Gasteiger charge is 2.17. The molecule has 0 saturated carbocycles. The molecule has 0 aliphatic carbocycles. The van der Waals surface area contributed by atoms with Crippen molar-refractivity contribution in [2.75, 3.05) is 11.9 Å². The van der Waals surface area contributed by atoms with Gasteiger partial charge in [0.05, 0.1) is 4.92 Å². The van der Waals surface area contributed by atoms with Crippen LogP contribution >= 0.6 is 0 Å². The summed E-state index contributed by atoms with van der Waals surface area (Å²) in [4.78, 5) is 18.6. The van der Waals surface area contributed by atoms with Gasteiger partial charge in [0.15, 0.2) is 0 Å². The van der Waals surface area contributed by atoms with Gasteiger partial charge < -0.3 is 5.32 Å². The summed E-state index contributed by atoms with van der Waals surface area (Å²) in [7, 11) is 0. The maximum atomic E-state index is 10.8. The zero-order valence-corrected chi connectivity index (χ0v) is 10.4. The third-order valence-corrected chi connectivity index (χ3v) is 2.18. The normalized spacial score (nSPS) is 10.6. The van der Waals surface area contributed by atoms with Crippen LogP contribution in [-0.2, 0) is 6.42 Å². The molecule has 0 fully saturated rings. The maximum Gasteiger partial charge on any atom is 0.309 e. The summed E-state index contributed by atoms with van der Waals surface area (Å²) in [6.07, 6.45) is 2.82. The second-order valence-electron chi connectivity index (χ2n) is 4.31. The van der Waals surface area contributed by atoms with E-state index in [1.807, 2.05) is 20.8 Å². The molecular formula is C11H18N4O2. The van der Waals surface area contributed by atoms with Crippen molar-refractivity contribution < 1.29 is 4.92 Å². The van der Waals surface area contributed by atoms with Gasteiger partial charge in [-0.2, -0.15) is 0 Å². The van der Waals surface area contributed by atoms with Crippen molar-refractivity contribution in [3.63, 3.8) is 0 Å². The Bertz CT molecular complexity index is 393. The van der Waals surface area contributed by atoms with E-state index in [4.69, 9.17) is 0 Å². The molecule has 6 nitrogen and oxygen atoms in total. The fraction of sp³-hybridized carbons (Fsp3) is 0.636. The van der Waals surface area contributed by atoms with Crippen molar-refractivity contribution in [2.45, 2.75) is 33.6 Å². The summed E-state index contributed by atoms with van der Waals surface area (Å²) >= 11 is 0. The van der Waals surface area contributed by atoms with Gasteiger partial charge in [-0.1, -0.05) is 20.8 Å². The average molecular weight is 238 g/mol. The van der Waals surface area contributed by atoms with Crippen LogP contribution in [0.4, 0.5) is 11.6 Å². The first kappa shape index (κ1) is 13.3. The van der Waals surface area contributed by atoms with Gasteiger partial charge in [0.2, 0.25) is 5.95 Å². The molecule has 17 heavy (non-hydrogen) atoms. The minimum atomic E-state index is -0.429. The number of hydrogen-bond acceptors (Lipinski definition) is 5. The van der Waals surface area contributed by atoms with E-state index in [0.717, 1.165) is 13.0 Å². The van der Waals surface area contributed by atoms with E-state index in [0.29, 0.717) is 24.0 Å². The van der Waals surface area contributed by atoms with Crippen LogP contribution in [0.15, 0.2) is 6.20 Å². The van der Waals surface area contributed by atoms with Crippen LogP contribution in [-0.4, -0.2) is 21.4 Å². The molecule has 1 aromatic rings. The molecular weight excluding hydrogens is 220 g/mol. The number of nitrogens with one attached hydrogen (secondary N) is 1. The molecule has 0 atom stereocenters. The van der Waals surface area contributed by atoms with Gasteiger partial charge in [-0.25, -0.2) is 9.97 Å². The van der Waals surface area contributed by atoms with E-state index in [1.165, 1.54) is 6.20 Å². The summed E-state index contributed by atoms with van der Waals surface area (Å²) in [6, 6.07) is 0. The molecule has 1 rings (SSSR count). The SMILES string of the molecule is CCCNc1ncc([N+](=O)[O-])c(CC(C)C)n1. The first-order valence-corrected chi connectivity index (χ1v) is 5.78. The number of hydrogen-bond donors (Lipinski definition) is 1. The lowest BCUT2D eigenvalue weighted by Gasteiger charge is -2.07. The molecule has 0 unspecified atom stereocenters. The van der Waals surface area contributed by atoms with E-state index >= 15 is 0 Å². The quantitative estimate of drug-likeness (QED) is 0.608. The fourth-order valence-electron chi connectivity index (χ4n) is 1.42. The van der Waals surface area contributed by atoms with E-state index in [-0.39, 0.29) is 5.69 Å². The van der Waals surface area contributed by atoms with Gasteiger partial charge in [0.1, 0.15) is 11.9 Å². The molecule has 0 aromatic carbocycles. The lowest BCUT2D eigenvalue weighted by molar-refractivity contribution is -0.386. The summed E-state index contributed by atoms with van der Waals surface area (Å²) in [6.45, 7) is 6.81. The van der Waals surface area contributed by atoms with Gasteiger partial charge in [0, 0.05) is 6.54 Å². The first-order chi connectivity index (χ1) is 8.04. The molecule has 1 N–H and O–H groups in total. The minimum absolute atomic E-state index is 0.000693. The number of nitro groups is 1. The molecule has 0 aliphatic rings. The molecule has 6 heteroatoms. The second-order valence-corrected chi connectivity index (χ2v) is 4.31. The molecule has 0 amide bonds. The summed E-state index contributed by atoms with van der Waals surface area (Å²) in [5, 5.41) is 13.9. The second kappa shape index (κ2) is 6.12. The summed E-state index contributed by atoms with van der Waals surface area (Å²) in [5.41, 5.74) is 0.499. The summed E-state index contributed by atoms with van der Waals surface area (Å²) < 4.78 is 0. The van der Waals surface area contributed by atoms with Gasteiger partial charge in [-0.05, 0) is 18.8 Å². The van der Waals surface area contributed by atoms with Crippen LogP contribution in [0.1, 0.15) is 32.9 Å². The highest BCUT2D eigenvalue weighted by Crippen LogP contribution is 2.19. The zero-order valence-electron chi connectivity index (χ0n) is 10.4. The lowest BCUT2D eigenvalue weighted by Crippen LogP contribution is -2.09. The molecule has 0 bridgehead atoms. The number of nitrogens with zero attached hydrogens (tertiary/aromatic N) is 3. The average Bonchev–Trinajstić information content (AvgIpc) is 2.25. The number of aromatic nitrogens is 2. The minimum Gasteiger partial charge on any atom is -0.354 e. The van der Waals surface area contributed by atoms with Crippen LogP contribution in [0.5, 0.6) is 0 Å². The van der Waals surface area contributed by atoms with Gasteiger partial charge in [0.25, 0.3) is 0 Å². The van der Waals surface area contributed by atoms with Crippen LogP contribution in [0.25, 0.3) is 0 Å². The molecule has 0 spiro atoms. The standard InChI is InChI=1S/C11H18N4O2/c1-4-5-12-11-13-7-10(15(16)17)9(14-11)6-8(2)3/h7-8H,4-6H2,1-3H3,(H,12,13,14). The third-order valence-electron chi connectivity index (χ3n) is 2.18. The largest absolute Gasteiger partial charge is 0.354 e. The van der Waals surface area contributed by atoms with E-state index < -0.39 is 4.92 Å². The molecule has 0 saturated heterocycles. The van der Waals surface area contributed by atoms with Crippen molar-refractivity contribution in [1.29, 1.82) is 0 Å². The molecule has 1 heterocycles. The molecule has 1 aromatic heterocycles. The van der Waals surface area contributed by atoms with Crippen molar-refractivity contribution in [2.24, 2.45) is 5.92 Å². The highest BCUT2D eigenvalue weighted by molar-refractivity contribution is 5.38. The number of rotatable bonds is 6. The predicted octanol–water partition coefficient (Wildman–Crippen LogP) is 2.41. The maximum absolute atomic E-state index is 10.8. The van der Waals surface area contributed by atoms with Crippen molar-refractivity contribution >= 4 is 11.6 Å². The van der Waals surface area contributed by atoms with Crippen LogP contribution in [0, 0.1) is 16.0 Å². The number of anilines is 1. The Morgan fingerprint density at radius 1 is 1.53 bits per heavy atom. The van der Waals surface area contributed by atoms with Gasteiger partial charge >= 0.3 is 5.69 Å². The predicted molar refractivity (Wildman–Crippen MR) is 66.0 cm³/mol. The first-order valence-electron chi connectivity index (χ1n) is 5.78. The molecule has 0 aliphatic heterocycles. The fourth-order valence-corrected chi connectivity index (χ4v) is 1.42. The Kier molecular flexibility index (Phi) is 4.81. The van der Waals surface area contributed by atoms with E-state index in [1.54, 1.807) is 0 Å². The van der Waals surface area contributed by atoms with E-state index in [9.17, 15) is 10.1 Å². The van der Waals surface area contributed by atoms with Gasteiger partial charge in [-0.15, -0.1) is 0 Å². The summed E-state index contributed by atoms with van der Waals surface area (Å²) in [5.74, 6) is 0.788. The Hall–Kier alpha value is -1.72. The smallest absolute Gasteiger partial charge is 0.309 e. The van der Waals surface area contributed by atoms with Crippen molar-refractivity contribution in [3.8, 4) is 0 Å². The lowest BCUT2D eigenvalue weighted by atomic mass is 10.1. The van der Waals surface area contributed by atoms with E-state index in [2.05, 4.69) is 15.3 Å². The Labute approximate surface area is 101 Å².